The van der Waals surface area contributed by atoms with Gasteiger partial charge in [0, 0.05) is 148 Å². The summed E-state index contributed by atoms with van der Waals surface area (Å²) in [6, 6.07) is 82.2. The van der Waals surface area contributed by atoms with Crippen LogP contribution in [-0.4, -0.2) is 47.0 Å². The van der Waals surface area contributed by atoms with Crippen LogP contribution in [0.1, 0.15) is 0 Å². The number of para-hydroxylation sites is 8. The third-order valence-electron chi connectivity index (χ3n) is 17.9. The maximum Gasteiger partial charge on any atom is 0.145 e. The van der Waals surface area contributed by atoms with Crippen LogP contribution in [0, 0.1) is 0 Å². The van der Waals surface area contributed by atoms with Gasteiger partial charge in [-0.05, 0) is 84.9 Å². The van der Waals surface area contributed by atoms with Gasteiger partial charge in [-0.25, -0.2) is 9.97 Å². The molecule has 10 nitrogen and oxygen atoms in total. The van der Waals surface area contributed by atoms with Crippen molar-refractivity contribution in [1.29, 1.82) is 0 Å². The van der Waals surface area contributed by atoms with Crippen LogP contribution in [0.25, 0.3) is 165 Å². The Kier molecular flexibility index (Phi) is 9.67. The average molecular weight is 1100 g/mol. The summed E-state index contributed by atoms with van der Waals surface area (Å²) in [5, 5.41) is 16.5. The first kappa shape index (κ1) is 46.7. The van der Waals surface area contributed by atoms with Gasteiger partial charge in [0.15, 0.2) is 0 Å². The highest BCUT2D eigenvalue weighted by Crippen LogP contribution is 2.51. The summed E-state index contributed by atoms with van der Waals surface area (Å²) in [7, 11) is 0. The number of hydrogen-bond acceptors (Lipinski definition) is 4. The number of rotatable bonds is 4. The number of nitrogens with zero attached hydrogens (tertiary/aromatic N) is 10. The molecule has 0 unspecified atom stereocenters. The molecular weight excluding hydrogens is 1050 g/mol. The van der Waals surface area contributed by atoms with Crippen LogP contribution in [0.3, 0.4) is 0 Å². The molecule has 86 heavy (non-hydrogen) atoms. The largest absolute Gasteiger partial charge is 0.308 e. The zero-order valence-electron chi connectivity index (χ0n) is 46.0. The summed E-state index contributed by atoms with van der Waals surface area (Å²) in [5.74, 6) is 0. The van der Waals surface area contributed by atoms with E-state index < -0.39 is 0 Å². The van der Waals surface area contributed by atoms with Gasteiger partial charge in [-0.3, -0.25) is 18.8 Å². The fourth-order valence-corrected chi connectivity index (χ4v) is 14.7. The minimum Gasteiger partial charge on any atom is -0.308 e. The molecule has 10 heterocycles. The van der Waals surface area contributed by atoms with Crippen LogP contribution >= 0.6 is 0 Å². The van der Waals surface area contributed by atoms with E-state index in [1.165, 1.54) is 98.0 Å². The van der Waals surface area contributed by atoms with Crippen molar-refractivity contribution >= 4 is 142 Å². The van der Waals surface area contributed by atoms with Gasteiger partial charge in [0.25, 0.3) is 0 Å². The number of pyridine rings is 4. The van der Waals surface area contributed by atoms with Gasteiger partial charge in [-0.1, -0.05) is 146 Å². The SMILES string of the molecule is c1ccc(-n2c3ccccc3c3c2c2c4cnccc4c4nccn4c2c2c4ccccc4n(-c4ccccc4)c32)cc1.c1ccc(-n2c3ccccc3c3c4c5cnccc5c5nccn5c4c4c5ccccc5n(-c5ccccc5)c4c32)cc1. The van der Waals surface area contributed by atoms with Gasteiger partial charge in [-0.2, -0.15) is 0 Å². The zero-order valence-corrected chi connectivity index (χ0v) is 46.0. The fraction of sp³-hybridized carbons (Fsp3) is 0. The van der Waals surface area contributed by atoms with Crippen molar-refractivity contribution in [2.24, 2.45) is 0 Å². The van der Waals surface area contributed by atoms with Crippen molar-refractivity contribution in [2.75, 3.05) is 0 Å². The van der Waals surface area contributed by atoms with Crippen molar-refractivity contribution in [3.05, 3.63) is 280 Å². The number of fused-ring (bicyclic) bond motifs is 30. The van der Waals surface area contributed by atoms with E-state index in [1.54, 1.807) is 0 Å². The molecular formula is C76H46N10. The third kappa shape index (κ3) is 6.22. The second kappa shape index (κ2) is 17.8. The quantitative estimate of drug-likeness (QED) is 0.165. The molecule has 0 saturated heterocycles. The van der Waals surface area contributed by atoms with Crippen LogP contribution < -0.4 is 0 Å². The Balaban J connectivity index is 0.000000126. The van der Waals surface area contributed by atoms with Gasteiger partial charge < -0.3 is 18.3 Å². The molecule has 20 aromatic rings. The van der Waals surface area contributed by atoms with E-state index in [1.807, 2.05) is 37.2 Å². The molecule has 0 N–H and O–H groups in total. The summed E-state index contributed by atoms with van der Waals surface area (Å²) >= 11 is 0. The monoisotopic (exact) mass is 1100 g/mol. The Labute approximate surface area is 489 Å². The zero-order chi connectivity index (χ0) is 56.1. The molecule has 0 saturated carbocycles. The molecule has 0 fully saturated rings. The first-order valence-electron chi connectivity index (χ1n) is 29.0. The lowest BCUT2D eigenvalue weighted by molar-refractivity contribution is 1.15. The highest BCUT2D eigenvalue weighted by Gasteiger charge is 2.30. The van der Waals surface area contributed by atoms with E-state index in [0.29, 0.717) is 0 Å². The first-order chi connectivity index (χ1) is 42.8. The molecule has 0 aliphatic rings. The number of aromatic nitrogens is 10. The molecule has 0 bridgehead atoms. The van der Waals surface area contributed by atoms with E-state index >= 15 is 0 Å². The molecule has 10 aromatic carbocycles. The van der Waals surface area contributed by atoms with Crippen LogP contribution in [0.4, 0.5) is 0 Å². The smallest absolute Gasteiger partial charge is 0.145 e. The second-order valence-corrected chi connectivity index (χ2v) is 22.2. The van der Waals surface area contributed by atoms with Crippen molar-refractivity contribution in [2.45, 2.75) is 0 Å². The van der Waals surface area contributed by atoms with Crippen LogP contribution in [0.2, 0.25) is 0 Å². The van der Waals surface area contributed by atoms with E-state index in [0.717, 1.165) is 66.6 Å². The normalized spacial score (nSPS) is 12.2. The van der Waals surface area contributed by atoms with Crippen molar-refractivity contribution in [3.8, 4) is 22.7 Å². The van der Waals surface area contributed by atoms with E-state index in [2.05, 4.69) is 280 Å². The Morgan fingerprint density at radius 3 is 0.930 bits per heavy atom. The Hall–Kier alpha value is -11.9. The summed E-state index contributed by atoms with van der Waals surface area (Å²) in [4.78, 5) is 19.1. The van der Waals surface area contributed by atoms with E-state index in [9.17, 15) is 0 Å². The molecule has 0 aliphatic carbocycles. The number of hydrogen-bond donors (Lipinski definition) is 0. The molecule has 0 atom stereocenters. The highest BCUT2D eigenvalue weighted by molar-refractivity contribution is 6.42. The number of benzene rings is 10. The summed E-state index contributed by atoms with van der Waals surface area (Å²) in [5.41, 5.74) is 18.1. The molecule has 0 spiro atoms. The van der Waals surface area contributed by atoms with Gasteiger partial charge in [0.1, 0.15) is 11.3 Å². The van der Waals surface area contributed by atoms with Gasteiger partial charge in [0.05, 0.1) is 55.2 Å². The molecule has 400 valence electrons. The van der Waals surface area contributed by atoms with Gasteiger partial charge in [-0.15, -0.1) is 0 Å². The van der Waals surface area contributed by atoms with E-state index in [4.69, 9.17) is 9.97 Å². The third-order valence-corrected chi connectivity index (χ3v) is 17.9. The van der Waals surface area contributed by atoms with Crippen molar-refractivity contribution in [1.82, 2.24) is 47.0 Å². The summed E-state index contributed by atoms with van der Waals surface area (Å²) in [6.45, 7) is 0. The summed E-state index contributed by atoms with van der Waals surface area (Å²) < 4.78 is 14.4. The predicted octanol–water partition coefficient (Wildman–Crippen LogP) is 18.5. The van der Waals surface area contributed by atoms with Crippen LogP contribution in [-0.2, 0) is 0 Å². The lowest BCUT2D eigenvalue weighted by atomic mass is 9.98. The minimum absolute atomic E-state index is 0.935. The topological polar surface area (TPSA) is 80.1 Å². The average Bonchev–Trinajstić information content (AvgIpc) is 1.60. The van der Waals surface area contributed by atoms with Crippen molar-refractivity contribution < 1.29 is 0 Å². The Morgan fingerprint density at radius 1 is 0.221 bits per heavy atom. The lowest BCUT2D eigenvalue weighted by Crippen LogP contribution is -2.00. The molecule has 10 heteroatoms. The molecule has 20 rings (SSSR count). The maximum atomic E-state index is 4.87. The Morgan fingerprint density at radius 2 is 0.512 bits per heavy atom. The molecule has 0 radical (unpaired) electrons. The van der Waals surface area contributed by atoms with Crippen LogP contribution in [0.5, 0.6) is 0 Å². The van der Waals surface area contributed by atoms with Crippen LogP contribution in [0.15, 0.2) is 280 Å². The molecule has 10 aromatic heterocycles. The molecule has 0 aliphatic heterocycles. The molecule has 0 amide bonds. The minimum atomic E-state index is 0.935. The first-order valence-corrected chi connectivity index (χ1v) is 29.0. The predicted molar refractivity (Wildman–Crippen MR) is 353 cm³/mol. The lowest BCUT2D eigenvalue weighted by Gasteiger charge is -2.16. The van der Waals surface area contributed by atoms with Gasteiger partial charge >= 0.3 is 0 Å². The van der Waals surface area contributed by atoms with E-state index in [-0.39, 0.29) is 0 Å². The van der Waals surface area contributed by atoms with Crippen molar-refractivity contribution in [3.63, 3.8) is 0 Å². The Bertz CT molecular complexity index is 6180. The highest BCUT2D eigenvalue weighted by atomic mass is 15.1. The fourth-order valence-electron chi connectivity index (χ4n) is 14.7. The summed E-state index contributed by atoms with van der Waals surface area (Å²) in [6.07, 6.45) is 15.8. The van der Waals surface area contributed by atoms with Gasteiger partial charge in [0.2, 0.25) is 0 Å². The maximum absolute atomic E-state index is 4.87. The second-order valence-electron chi connectivity index (χ2n) is 22.2. The standard InChI is InChI=1S/2C38H23N5/c1-3-11-24(12-4-1)42-30-17-9-7-15-27(30)32-33-29-23-39-20-19-26(29)38-40-21-22-41(38)35(33)34-28-16-8-10-18-31(28)43(37(34)36(32)42)25-13-5-2-6-14-25;1-3-11-24(12-4-1)42-30-17-9-7-15-27(30)32-35-34(29-23-39-20-19-26(29)38-40-21-22-41(35)38)37-33(36(32)42)28-16-8-10-18-31(28)43(37)25-13-5-2-6-14-25/h2*1-23H. The number of imidazole rings is 2.